The first-order chi connectivity index (χ1) is 18.7. The van der Waals surface area contributed by atoms with Gasteiger partial charge >= 0.3 is 17.8 Å². The molecule has 1 aliphatic rings. The Kier molecular flexibility index (Phi) is 8.10. The Morgan fingerprint density at radius 2 is 1.74 bits per heavy atom. The number of aliphatic hydroxyl groups excluding tert-OH is 1. The number of carbonyl (C=O) groups is 4. The summed E-state index contributed by atoms with van der Waals surface area (Å²) in [6, 6.07) is 11.5. The summed E-state index contributed by atoms with van der Waals surface area (Å²) < 4.78 is 15.4. The normalized spacial score (nSPS) is 16.3. The standard InChI is InChI=1S/C28H26N2O8S/c1-5-37-19-9-7-8-18(14-19)22(31)20-21(16-10-12-17(13-11-16)26(34)36-4)30(25(33)23(20)32)28-29-15(3)24(39-28)27(35)38-6-2/h7-14,21,31H,5-6H2,1-4H3/b22-20+. The number of rotatable bonds is 8. The Morgan fingerprint density at radius 1 is 1.03 bits per heavy atom. The van der Waals surface area contributed by atoms with E-state index in [0.717, 1.165) is 16.2 Å². The molecule has 202 valence electrons. The third kappa shape index (κ3) is 5.26. The Bertz CT molecular complexity index is 1470. The highest BCUT2D eigenvalue weighted by molar-refractivity contribution is 7.17. The molecule has 3 aromatic rings. The van der Waals surface area contributed by atoms with E-state index in [1.807, 2.05) is 6.92 Å². The van der Waals surface area contributed by atoms with Gasteiger partial charge in [-0.2, -0.15) is 0 Å². The van der Waals surface area contributed by atoms with Gasteiger partial charge in [0.15, 0.2) is 5.13 Å². The van der Waals surface area contributed by atoms with Gasteiger partial charge in [0.2, 0.25) is 0 Å². The first-order valence-corrected chi connectivity index (χ1v) is 12.9. The number of ketones is 1. The van der Waals surface area contributed by atoms with Crippen molar-refractivity contribution < 1.29 is 38.5 Å². The SMILES string of the molecule is CCOC(=O)c1sc(N2C(=O)C(=O)/C(=C(/O)c3cccc(OCC)c3)C2c2ccc(C(=O)OC)cc2)nc1C. The summed E-state index contributed by atoms with van der Waals surface area (Å²) >= 11 is 0.908. The van der Waals surface area contributed by atoms with Crippen LogP contribution in [-0.2, 0) is 19.1 Å². The lowest BCUT2D eigenvalue weighted by Crippen LogP contribution is -2.29. The molecule has 1 unspecified atom stereocenters. The Hall–Kier alpha value is -4.51. The molecular weight excluding hydrogens is 524 g/mol. The number of methoxy groups -OCH3 is 1. The van der Waals surface area contributed by atoms with E-state index in [9.17, 15) is 24.3 Å². The number of benzene rings is 2. The minimum atomic E-state index is -1.10. The van der Waals surface area contributed by atoms with E-state index < -0.39 is 35.4 Å². The lowest BCUT2D eigenvalue weighted by atomic mass is 9.94. The van der Waals surface area contributed by atoms with E-state index in [4.69, 9.17) is 14.2 Å². The molecule has 1 N–H and O–H groups in total. The first-order valence-electron chi connectivity index (χ1n) is 12.1. The largest absolute Gasteiger partial charge is 0.507 e. The number of esters is 2. The zero-order valence-corrected chi connectivity index (χ0v) is 22.5. The highest BCUT2D eigenvalue weighted by atomic mass is 32.1. The number of aliphatic hydroxyl groups is 1. The topological polar surface area (TPSA) is 132 Å². The van der Waals surface area contributed by atoms with Crippen LogP contribution in [-0.4, -0.2) is 54.0 Å². The highest BCUT2D eigenvalue weighted by Crippen LogP contribution is 2.44. The van der Waals surface area contributed by atoms with Gasteiger partial charge in [-0.25, -0.2) is 14.6 Å². The zero-order chi connectivity index (χ0) is 28.3. The minimum absolute atomic E-state index is 0.0850. The van der Waals surface area contributed by atoms with Crippen molar-refractivity contribution in [2.24, 2.45) is 0 Å². The average Bonchev–Trinajstić information content (AvgIpc) is 3.44. The molecule has 0 bridgehead atoms. The number of amides is 1. The number of hydrogen-bond acceptors (Lipinski definition) is 10. The third-order valence-electron chi connectivity index (χ3n) is 5.96. The van der Waals surface area contributed by atoms with Gasteiger partial charge in [0.05, 0.1) is 43.2 Å². The molecule has 1 aromatic heterocycles. The summed E-state index contributed by atoms with van der Waals surface area (Å²) in [4.78, 5) is 57.0. The monoisotopic (exact) mass is 550 g/mol. The molecule has 0 saturated carbocycles. The minimum Gasteiger partial charge on any atom is -0.507 e. The van der Waals surface area contributed by atoms with Crippen molar-refractivity contribution in [3.8, 4) is 5.75 Å². The predicted molar refractivity (Wildman–Crippen MR) is 143 cm³/mol. The molecule has 11 heteroatoms. The van der Waals surface area contributed by atoms with Crippen LogP contribution >= 0.6 is 11.3 Å². The molecule has 1 aliphatic heterocycles. The Balaban J connectivity index is 1.90. The van der Waals surface area contributed by atoms with Crippen LogP contribution in [0.4, 0.5) is 5.13 Å². The lowest BCUT2D eigenvalue weighted by molar-refractivity contribution is -0.132. The number of hydrogen-bond donors (Lipinski definition) is 1. The molecule has 10 nitrogen and oxygen atoms in total. The molecule has 1 atom stereocenters. The van der Waals surface area contributed by atoms with Crippen molar-refractivity contribution >= 4 is 45.9 Å². The van der Waals surface area contributed by atoms with Gasteiger partial charge in [0.25, 0.3) is 5.78 Å². The van der Waals surface area contributed by atoms with Crippen LogP contribution < -0.4 is 9.64 Å². The first kappa shape index (κ1) is 27.5. The fraction of sp³-hybridized carbons (Fsp3) is 0.250. The number of thiazole rings is 1. The van der Waals surface area contributed by atoms with Gasteiger partial charge < -0.3 is 19.3 Å². The van der Waals surface area contributed by atoms with Crippen molar-refractivity contribution in [1.29, 1.82) is 0 Å². The highest BCUT2D eigenvalue weighted by Gasteiger charge is 2.48. The Labute approximate surface area is 228 Å². The molecule has 2 heterocycles. The fourth-order valence-corrected chi connectivity index (χ4v) is 5.18. The second-order valence-electron chi connectivity index (χ2n) is 8.37. The van der Waals surface area contributed by atoms with E-state index in [-0.39, 0.29) is 33.3 Å². The van der Waals surface area contributed by atoms with Gasteiger partial charge in [-0.05, 0) is 50.6 Å². The van der Waals surface area contributed by atoms with Gasteiger partial charge in [0, 0.05) is 5.56 Å². The van der Waals surface area contributed by atoms with Gasteiger partial charge in [-0.15, -0.1) is 0 Å². The van der Waals surface area contributed by atoms with Crippen molar-refractivity contribution in [2.75, 3.05) is 25.2 Å². The number of Topliss-reactive ketones (excluding diaryl/α,β-unsaturated/α-hetero) is 1. The second kappa shape index (κ2) is 11.5. The number of anilines is 1. The van der Waals surface area contributed by atoms with Crippen molar-refractivity contribution in [3.63, 3.8) is 0 Å². The molecule has 0 aliphatic carbocycles. The van der Waals surface area contributed by atoms with Gasteiger partial charge in [-0.1, -0.05) is 35.6 Å². The van der Waals surface area contributed by atoms with Crippen LogP contribution in [0.15, 0.2) is 54.1 Å². The second-order valence-corrected chi connectivity index (χ2v) is 9.35. The molecular formula is C28H26N2O8S. The maximum Gasteiger partial charge on any atom is 0.350 e. The number of carbonyl (C=O) groups excluding carboxylic acids is 4. The Morgan fingerprint density at radius 3 is 2.38 bits per heavy atom. The number of nitrogens with zero attached hydrogens (tertiary/aromatic N) is 2. The molecule has 2 aromatic carbocycles. The van der Waals surface area contributed by atoms with Crippen LogP contribution in [0.2, 0.25) is 0 Å². The summed E-state index contributed by atoms with van der Waals surface area (Å²) in [6.45, 7) is 5.64. The van der Waals surface area contributed by atoms with Crippen LogP contribution in [0.1, 0.15) is 56.7 Å². The maximum absolute atomic E-state index is 13.4. The fourth-order valence-electron chi connectivity index (χ4n) is 4.19. The van der Waals surface area contributed by atoms with Crippen LogP contribution in [0.3, 0.4) is 0 Å². The quantitative estimate of drug-likeness (QED) is 0.187. The van der Waals surface area contributed by atoms with E-state index in [1.165, 1.54) is 19.2 Å². The number of aryl methyl sites for hydroxylation is 1. The summed E-state index contributed by atoms with van der Waals surface area (Å²) in [5.74, 6) is -2.94. The van der Waals surface area contributed by atoms with Crippen molar-refractivity contribution in [3.05, 3.63) is 81.4 Å². The molecule has 0 spiro atoms. The van der Waals surface area contributed by atoms with Crippen LogP contribution in [0.25, 0.3) is 5.76 Å². The predicted octanol–water partition coefficient (Wildman–Crippen LogP) is 4.44. The van der Waals surface area contributed by atoms with Crippen molar-refractivity contribution in [2.45, 2.75) is 26.8 Å². The van der Waals surface area contributed by atoms with Crippen molar-refractivity contribution in [1.82, 2.24) is 4.98 Å². The van der Waals surface area contributed by atoms with Crippen LogP contribution in [0.5, 0.6) is 5.75 Å². The average molecular weight is 551 g/mol. The van der Waals surface area contributed by atoms with E-state index in [0.29, 0.717) is 23.6 Å². The molecule has 1 amide bonds. The van der Waals surface area contributed by atoms with E-state index in [2.05, 4.69) is 4.98 Å². The maximum atomic E-state index is 13.4. The van der Waals surface area contributed by atoms with E-state index >= 15 is 0 Å². The summed E-state index contributed by atoms with van der Waals surface area (Å²) in [6.07, 6.45) is 0. The zero-order valence-electron chi connectivity index (χ0n) is 21.7. The molecule has 39 heavy (non-hydrogen) atoms. The summed E-state index contributed by atoms with van der Waals surface area (Å²) in [5, 5.41) is 11.4. The summed E-state index contributed by atoms with van der Waals surface area (Å²) in [7, 11) is 1.26. The van der Waals surface area contributed by atoms with Crippen LogP contribution in [0, 0.1) is 6.92 Å². The smallest absolute Gasteiger partial charge is 0.350 e. The lowest BCUT2D eigenvalue weighted by Gasteiger charge is -2.23. The molecule has 0 radical (unpaired) electrons. The summed E-state index contributed by atoms with van der Waals surface area (Å²) in [5.41, 5.74) is 1.12. The molecule has 1 saturated heterocycles. The number of ether oxygens (including phenoxy) is 3. The van der Waals surface area contributed by atoms with E-state index in [1.54, 1.807) is 50.2 Å². The van der Waals surface area contributed by atoms with Gasteiger partial charge in [0.1, 0.15) is 16.4 Å². The molecule has 1 fully saturated rings. The third-order valence-corrected chi connectivity index (χ3v) is 7.10. The van der Waals surface area contributed by atoms with Gasteiger partial charge in [-0.3, -0.25) is 14.5 Å². The molecule has 4 rings (SSSR count). The number of aromatic nitrogens is 1.